The van der Waals surface area contributed by atoms with Crippen LogP contribution in [0.3, 0.4) is 0 Å². The summed E-state index contributed by atoms with van der Waals surface area (Å²) in [5.41, 5.74) is 0.613. The summed E-state index contributed by atoms with van der Waals surface area (Å²) in [6, 6.07) is 11.1. The number of ether oxygens (including phenoxy) is 2. The van der Waals surface area contributed by atoms with Crippen LogP contribution < -0.4 is 9.64 Å². The van der Waals surface area contributed by atoms with Gasteiger partial charge in [0.1, 0.15) is 11.4 Å². The summed E-state index contributed by atoms with van der Waals surface area (Å²) in [5, 5.41) is 9.25. The van der Waals surface area contributed by atoms with E-state index in [9.17, 15) is 27.9 Å². The Morgan fingerprint density at radius 3 is 2.20 bits per heavy atom. The number of hydrogen-bond donors (Lipinski definition) is 1. The van der Waals surface area contributed by atoms with Crippen LogP contribution in [0.1, 0.15) is 50.3 Å². The third-order valence-electron chi connectivity index (χ3n) is 6.55. The molecule has 0 aliphatic carbocycles. The van der Waals surface area contributed by atoms with E-state index in [4.69, 9.17) is 9.47 Å². The number of benzene rings is 2. The standard InChI is InChI=1S/C29H38F3N3O5/c1-28(2,3)40-26(36)6-5-13-35(19-21-7-11-24(39-4)12-8-21)25-18-23(29(30,31)32)10-9-22(25)20-33-14-16-34(17-15-33)27(37)38/h7-12,18H,5-6,13-17,19-20H2,1-4H3,(H,37,38). The highest BCUT2D eigenvalue weighted by Crippen LogP contribution is 2.35. The van der Waals surface area contributed by atoms with Gasteiger partial charge >= 0.3 is 18.2 Å². The minimum absolute atomic E-state index is 0.127. The lowest BCUT2D eigenvalue weighted by atomic mass is 10.0. The van der Waals surface area contributed by atoms with Gasteiger partial charge in [0.15, 0.2) is 0 Å². The molecule has 3 rings (SSSR count). The minimum Gasteiger partial charge on any atom is -0.497 e. The second-order valence-electron chi connectivity index (χ2n) is 10.8. The molecule has 40 heavy (non-hydrogen) atoms. The molecule has 2 aromatic carbocycles. The number of alkyl halides is 3. The molecule has 1 saturated heterocycles. The van der Waals surface area contributed by atoms with Crippen LogP contribution in [0.4, 0.5) is 23.7 Å². The van der Waals surface area contributed by atoms with Crippen LogP contribution in [0.2, 0.25) is 0 Å². The van der Waals surface area contributed by atoms with Crippen molar-refractivity contribution in [1.82, 2.24) is 9.80 Å². The van der Waals surface area contributed by atoms with E-state index in [1.54, 1.807) is 40.0 Å². The van der Waals surface area contributed by atoms with E-state index < -0.39 is 23.4 Å². The summed E-state index contributed by atoms with van der Waals surface area (Å²) in [6.45, 7) is 7.98. The lowest BCUT2D eigenvalue weighted by Crippen LogP contribution is -2.47. The molecule has 1 aliphatic rings. The molecule has 1 heterocycles. The molecule has 11 heteroatoms. The zero-order valence-electron chi connectivity index (χ0n) is 23.5. The van der Waals surface area contributed by atoms with Crippen molar-refractivity contribution in [3.05, 3.63) is 59.2 Å². The molecule has 8 nitrogen and oxygen atoms in total. The number of halogens is 3. The van der Waals surface area contributed by atoms with Gasteiger partial charge in [-0.1, -0.05) is 18.2 Å². The Balaban J connectivity index is 1.90. The molecule has 0 unspecified atom stereocenters. The highest BCUT2D eigenvalue weighted by molar-refractivity contribution is 5.70. The number of rotatable bonds is 10. The van der Waals surface area contributed by atoms with Gasteiger partial charge < -0.3 is 24.4 Å². The highest BCUT2D eigenvalue weighted by Gasteiger charge is 2.32. The number of carbonyl (C=O) groups excluding carboxylic acids is 1. The number of esters is 1. The predicted molar refractivity (Wildman–Crippen MR) is 145 cm³/mol. The van der Waals surface area contributed by atoms with Crippen molar-refractivity contribution in [2.24, 2.45) is 0 Å². The zero-order valence-corrected chi connectivity index (χ0v) is 23.5. The fourth-order valence-corrected chi connectivity index (χ4v) is 4.55. The lowest BCUT2D eigenvalue weighted by molar-refractivity contribution is -0.154. The third kappa shape index (κ3) is 9.32. The van der Waals surface area contributed by atoms with Crippen molar-refractivity contribution in [3.8, 4) is 5.75 Å². The molecule has 1 aliphatic heterocycles. The van der Waals surface area contributed by atoms with Crippen LogP contribution in [0, 0.1) is 0 Å². The van der Waals surface area contributed by atoms with Crippen LogP contribution in [-0.4, -0.2) is 72.4 Å². The van der Waals surface area contributed by atoms with Gasteiger partial charge in [0.05, 0.1) is 12.7 Å². The molecule has 0 atom stereocenters. The molecule has 1 N–H and O–H groups in total. The lowest BCUT2D eigenvalue weighted by Gasteiger charge is -2.35. The molecule has 1 fully saturated rings. The van der Waals surface area contributed by atoms with Gasteiger partial charge in [-0.15, -0.1) is 0 Å². The maximum atomic E-state index is 13.8. The normalized spacial score (nSPS) is 14.6. The van der Waals surface area contributed by atoms with E-state index in [1.807, 2.05) is 21.9 Å². The number of methoxy groups -OCH3 is 1. The van der Waals surface area contributed by atoms with Gasteiger partial charge in [0.2, 0.25) is 0 Å². The smallest absolute Gasteiger partial charge is 0.416 e. The topological polar surface area (TPSA) is 82.5 Å². The maximum absolute atomic E-state index is 13.8. The Kier molecular flexibility index (Phi) is 10.3. The van der Waals surface area contributed by atoms with Crippen molar-refractivity contribution < 1.29 is 37.3 Å². The maximum Gasteiger partial charge on any atom is 0.416 e. The Morgan fingerprint density at radius 1 is 1.00 bits per heavy atom. The molecule has 1 amide bonds. The van der Waals surface area contributed by atoms with Gasteiger partial charge in [-0.25, -0.2) is 4.79 Å². The number of piperazine rings is 1. The largest absolute Gasteiger partial charge is 0.497 e. The molecule has 2 aromatic rings. The quantitative estimate of drug-likeness (QED) is 0.374. The SMILES string of the molecule is COc1ccc(CN(CCCC(=O)OC(C)(C)C)c2cc(C(F)(F)F)ccc2CN2CCN(C(=O)O)CC2)cc1. The number of anilines is 1. The molecule has 0 aromatic heterocycles. The Hall–Kier alpha value is -3.47. The van der Waals surface area contributed by atoms with E-state index in [0.29, 0.717) is 69.2 Å². The first-order valence-electron chi connectivity index (χ1n) is 13.3. The summed E-state index contributed by atoms with van der Waals surface area (Å²) in [5.74, 6) is 0.304. The molecule has 0 radical (unpaired) electrons. The number of hydrogen-bond acceptors (Lipinski definition) is 6. The van der Waals surface area contributed by atoms with Crippen molar-refractivity contribution in [1.29, 1.82) is 0 Å². The van der Waals surface area contributed by atoms with Crippen LogP contribution >= 0.6 is 0 Å². The fraction of sp³-hybridized carbons (Fsp3) is 0.517. The van der Waals surface area contributed by atoms with Crippen molar-refractivity contribution >= 4 is 17.7 Å². The number of amides is 1. The number of carbonyl (C=O) groups is 2. The highest BCUT2D eigenvalue weighted by atomic mass is 19.4. The predicted octanol–water partition coefficient (Wildman–Crippen LogP) is 5.64. The van der Waals surface area contributed by atoms with Gasteiger partial charge in [-0.05, 0) is 62.6 Å². The Bertz CT molecular complexity index is 1140. The number of nitrogens with zero attached hydrogens (tertiary/aromatic N) is 3. The number of carboxylic acid groups (broad SMARTS) is 1. The first-order chi connectivity index (χ1) is 18.7. The molecule has 220 valence electrons. The first-order valence-corrected chi connectivity index (χ1v) is 13.3. The minimum atomic E-state index is -4.53. The fourth-order valence-electron chi connectivity index (χ4n) is 4.55. The zero-order chi connectivity index (χ0) is 29.5. The van der Waals surface area contributed by atoms with Gasteiger partial charge in [-0.3, -0.25) is 9.69 Å². The monoisotopic (exact) mass is 565 g/mol. The summed E-state index contributed by atoms with van der Waals surface area (Å²) < 4.78 is 52.0. The summed E-state index contributed by atoms with van der Waals surface area (Å²) >= 11 is 0. The van der Waals surface area contributed by atoms with Gasteiger partial charge in [-0.2, -0.15) is 13.2 Å². The molecular formula is C29H38F3N3O5. The van der Waals surface area contributed by atoms with Gasteiger partial charge in [0, 0.05) is 57.9 Å². The van der Waals surface area contributed by atoms with E-state index in [1.165, 1.54) is 17.0 Å². The summed E-state index contributed by atoms with van der Waals surface area (Å²) in [7, 11) is 1.56. The summed E-state index contributed by atoms with van der Waals surface area (Å²) in [4.78, 5) is 28.9. The van der Waals surface area contributed by atoms with E-state index >= 15 is 0 Å². The average Bonchev–Trinajstić information content (AvgIpc) is 2.87. The Labute approximate surface area is 233 Å². The molecule has 0 spiro atoms. The molecular weight excluding hydrogens is 527 g/mol. The Morgan fingerprint density at radius 2 is 1.65 bits per heavy atom. The van der Waals surface area contributed by atoms with Crippen LogP contribution in [0.25, 0.3) is 0 Å². The first kappa shape index (κ1) is 31.1. The van der Waals surface area contributed by atoms with E-state index in [2.05, 4.69) is 0 Å². The third-order valence-corrected chi connectivity index (χ3v) is 6.55. The second-order valence-corrected chi connectivity index (χ2v) is 10.8. The van der Waals surface area contributed by atoms with Crippen LogP contribution in [0.5, 0.6) is 5.75 Å². The van der Waals surface area contributed by atoms with Crippen LogP contribution in [-0.2, 0) is 28.8 Å². The van der Waals surface area contributed by atoms with E-state index in [0.717, 1.165) is 11.6 Å². The summed E-state index contributed by atoms with van der Waals surface area (Å²) in [6.07, 6.45) is -4.99. The van der Waals surface area contributed by atoms with E-state index in [-0.39, 0.29) is 12.4 Å². The van der Waals surface area contributed by atoms with Gasteiger partial charge in [0.25, 0.3) is 0 Å². The average molecular weight is 566 g/mol. The van der Waals surface area contributed by atoms with Crippen molar-refractivity contribution in [2.45, 2.75) is 58.5 Å². The molecule has 0 saturated carbocycles. The molecule has 0 bridgehead atoms. The second kappa shape index (κ2) is 13.3. The van der Waals surface area contributed by atoms with Crippen molar-refractivity contribution in [2.75, 3.05) is 44.7 Å². The van der Waals surface area contributed by atoms with Crippen molar-refractivity contribution in [3.63, 3.8) is 0 Å². The van der Waals surface area contributed by atoms with Crippen LogP contribution in [0.15, 0.2) is 42.5 Å².